The number of likely N-dealkylation sites (tertiary alicyclic amines) is 1. The second-order valence-corrected chi connectivity index (χ2v) is 14.7. The first-order valence-corrected chi connectivity index (χ1v) is 17.3. The fraction of sp³-hybridized carbons (Fsp3) is 0.472. The number of fused-ring (bicyclic) bond motifs is 1. The molecule has 3 aliphatic heterocycles. The summed E-state index contributed by atoms with van der Waals surface area (Å²) in [4.78, 5) is 49.2. The van der Waals surface area contributed by atoms with Gasteiger partial charge in [0.1, 0.15) is 11.8 Å². The summed E-state index contributed by atoms with van der Waals surface area (Å²) in [5.74, 6) is -1.07. The topological polar surface area (TPSA) is 90.4 Å². The normalized spacial score (nSPS) is 25.3. The Morgan fingerprint density at radius 2 is 1.65 bits per heavy atom. The highest BCUT2D eigenvalue weighted by Gasteiger charge is 2.74. The molecule has 3 aliphatic rings. The van der Waals surface area contributed by atoms with Gasteiger partial charge in [0.25, 0.3) is 5.91 Å². The van der Waals surface area contributed by atoms with Crippen molar-refractivity contribution in [1.82, 2.24) is 4.90 Å². The zero-order valence-electron chi connectivity index (χ0n) is 26.8. The average Bonchev–Trinajstić information content (AvgIpc) is 3.69. The molecule has 0 radical (unpaired) electrons. The molecule has 2 aromatic rings. The summed E-state index contributed by atoms with van der Waals surface area (Å²) in [6, 6.07) is 13.0. The maximum absolute atomic E-state index is 14.9. The average molecular weight is 666 g/mol. The summed E-state index contributed by atoms with van der Waals surface area (Å²) in [5, 5.41) is 11.1. The highest BCUT2D eigenvalue weighted by atomic mass is 35.5. The van der Waals surface area contributed by atoms with Crippen LogP contribution < -0.4 is 14.5 Å². The summed E-state index contributed by atoms with van der Waals surface area (Å²) >= 11 is 7.80. The van der Waals surface area contributed by atoms with Crippen molar-refractivity contribution < 1.29 is 24.2 Å². The highest BCUT2D eigenvalue weighted by Crippen LogP contribution is 2.67. The number of amides is 3. The van der Waals surface area contributed by atoms with Crippen LogP contribution in [-0.4, -0.2) is 76.1 Å². The van der Waals surface area contributed by atoms with Gasteiger partial charge in [0.05, 0.1) is 35.8 Å². The van der Waals surface area contributed by atoms with Crippen molar-refractivity contribution in [1.29, 1.82) is 0 Å². The third kappa shape index (κ3) is 6.09. The van der Waals surface area contributed by atoms with E-state index in [9.17, 15) is 19.5 Å². The largest absolute Gasteiger partial charge is 0.494 e. The van der Waals surface area contributed by atoms with E-state index in [1.807, 2.05) is 45.0 Å². The lowest BCUT2D eigenvalue weighted by atomic mass is 9.70. The van der Waals surface area contributed by atoms with Crippen LogP contribution in [0.25, 0.3) is 0 Å². The molecule has 0 saturated carbocycles. The number of halogens is 1. The van der Waals surface area contributed by atoms with Gasteiger partial charge in [-0.05, 0) is 80.6 Å². The molecule has 3 heterocycles. The van der Waals surface area contributed by atoms with Crippen molar-refractivity contribution in [2.24, 2.45) is 17.8 Å². The summed E-state index contributed by atoms with van der Waals surface area (Å²) in [6.07, 6.45) is 5.21. The predicted molar refractivity (Wildman–Crippen MR) is 185 cm³/mol. The van der Waals surface area contributed by atoms with Gasteiger partial charge in [0.15, 0.2) is 0 Å². The SMILES string of the molecule is C=CCN(C(=O)C1N([C@@H](CO)CC(C)C)C(=O)[C@@H]2[C@@H](C(=O)N(CC=C)c3ccc(OCC)cc3)[C@H]3CCC12S3)c1ccc(Cl)cc1. The van der Waals surface area contributed by atoms with Crippen molar-refractivity contribution in [3.05, 3.63) is 78.9 Å². The Labute approximate surface area is 281 Å². The number of aliphatic hydroxyl groups is 1. The van der Waals surface area contributed by atoms with E-state index in [2.05, 4.69) is 13.2 Å². The number of benzene rings is 2. The summed E-state index contributed by atoms with van der Waals surface area (Å²) in [5.41, 5.74) is 1.34. The van der Waals surface area contributed by atoms with Crippen LogP contribution in [0.5, 0.6) is 5.75 Å². The minimum atomic E-state index is -0.859. The Morgan fingerprint density at radius 3 is 2.20 bits per heavy atom. The molecule has 5 rings (SSSR count). The summed E-state index contributed by atoms with van der Waals surface area (Å²) in [6.45, 7) is 14.5. The molecule has 0 aliphatic carbocycles. The first-order valence-electron chi connectivity index (χ1n) is 16.1. The molecule has 3 amide bonds. The van der Waals surface area contributed by atoms with Crippen LogP contribution in [0.2, 0.25) is 5.02 Å². The molecule has 2 bridgehead atoms. The van der Waals surface area contributed by atoms with E-state index in [-0.39, 0.29) is 48.6 Å². The third-order valence-electron chi connectivity index (χ3n) is 9.36. The zero-order valence-corrected chi connectivity index (χ0v) is 28.4. The lowest BCUT2D eigenvalue weighted by Crippen LogP contribution is -2.58. The predicted octanol–water partition coefficient (Wildman–Crippen LogP) is 5.98. The fourth-order valence-electron chi connectivity index (χ4n) is 7.61. The molecule has 8 nitrogen and oxygen atoms in total. The second-order valence-electron chi connectivity index (χ2n) is 12.6. The van der Waals surface area contributed by atoms with Crippen molar-refractivity contribution in [2.75, 3.05) is 36.1 Å². The number of ether oxygens (including phenoxy) is 1. The van der Waals surface area contributed by atoms with Crippen molar-refractivity contribution >= 4 is 52.5 Å². The van der Waals surface area contributed by atoms with E-state index >= 15 is 0 Å². The number of rotatable bonds is 14. The Bertz CT molecular complexity index is 1450. The summed E-state index contributed by atoms with van der Waals surface area (Å²) < 4.78 is 4.79. The van der Waals surface area contributed by atoms with Crippen molar-refractivity contribution in [2.45, 2.75) is 62.1 Å². The lowest BCUT2D eigenvalue weighted by Gasteiger charge is -2.40. The number of anilines is 2. The van der Waals surface area contributed by atoms with Gasteiger partial charge < -0.3 is 24.5 Å². The number of carbonyl (C=O) groups excluding carboxylic acids is 3. The fourth-order valence-corrected chi connectivity index (χ4v) is 9.93. The molecule has 1 spiro atoms. The molecule has 46 heavy (non-hydrogen) atoms. The molecule has 0 aromatic heterocycles. The molecule has 6 atom stereocenters. The van der Waals surface area contributed by atoms with Gasteiger partial charge in [0, 0.05) is 34.7 Å². The molecule has 10 heteroatoms. The van der Waals surface area contributed by atoms with Crippen LogP contribution in [-0.2, 0) is 14.4 Å². The minimum Gasteiger partial charge on any atom is -0.494 e. The van der Waals surface area contributed by atoms with Crippen LogP contribution in [0.15, 0.2) is 73.8 Å². The van der Waals surface area contributed by atoms with Crippen LogP contribution in [0.1, 0.15) is 40.0 Å². The minimum absolute atomic E-state index is 0.116. The quantitative estimate of drug-likeness (QED) is 0.250. The molecular weight excluding hydrogens is 622 g/mol. The Hall–Kier alpha value is -3.27. The third-order valence-corrected chi connectivity index (χ3v) is 11.6. The van der Waals surface area contributed by atoms with E-state index < -0.39 is 28.7 Å². The highest BCUT2D eigenvalue weighted by molar-refractivity contribution is 8.02. The Morgan fingerprint density at radius 1 is 1.07 bits per heavy atom. The first kappa shape index (κ1) is 34.1. The molecule has 1 N–H and O–H groups in total. The van der Waals surface area contributed by atoms with Crippen molar-refractivity contribution in [3.63, 3.8) is 0 Å². The molecule has 3 saturated heterocycles. The molecule has 2 unspecified atom stereocenters. The van der Waals surface area contributed by atoms with E-state index in [0.29, 0.717) is 48.0 Å². The Balaban J connectivity index is 1.57. The number of aliphatic hydroxyl groups excluding tert-OH is 1. The van der Waals surface area contributed by atoms with Crippen LogP contribution >= 0.6 is 23.4 Å². The van der Waals surface area contributed by atoms with Gasteiger partial charge in [-0.25, -0.2) is 0 Å². The van der Waals surface area contributed by atoms with Gasteiger partial charge in [-0.3, -0.25) is 14.4 Å². The van der Waals surface area contributed by atoms with Crippen LogP contribution in [0.4, 0.5) is 11.4 Å². The van der Waals surface area contributed by atoms with Gasteiger partial charge >= 0.3 is 0 Å². The maximum atomic E-state index is 14.9. The van der Waals surface area contributed by atoms with Gasteiger partial charge in [-0.1, -0.05) is 37.6 Å². The number of nitrogens with zero attached hydrogens (tertiary/aromatic N) is 3. The van der Waals surface area contributed by atoms with E-state index in [1.165, 1.54) is 0 Å². The van der Waals surface area contributed by atoms with Crippen LogP contribution in [0, 0.1) is 17.8 Å². The number of hydrogen-bond donors (Lipinski definition) is 1. The standard InChI is InChI=1S/C36H44ClN3O5S/c1-6-19-38(26-13-15-28(16-14-26)45-8-3)33(42)30-29-17-18-36(46-29)31(30)34(43)40(27(22-41)21-23(4)5)32(36)35(44)39(20-7-2)25-11-9-24(37)10-12-25/h6-7,9-16,23,27,29-32,41H,1-2,8,17-22H2,3-5H3/t27-,29-,30+,31+,32?,36?/m1/s1. The van der Waals surface area contributed by atoms with E-state index in [1.54, 1.807) is 62.9 Å². The number of hydrogen-bond acceptors (Lipinski definition) is 6. The Kier molecular flexibility index (Phi) is 10.5. The smallest absolute Gasteiger partial charge is 0.251 e. The van der Waals surface area contributed by atoms with Gasteiger partial charge in [-0.2, -0.15) is 0 Å². The number of thioether (sulfide) groups is 1. The molecular formula is C36H44ClN3O5S. The molecule has 2 aromatic carbocycles. The van der Waals surface area contributed by atoms with Crippen LogP contribution in [0.3, 0.4) is 0 Å². The monoisotopic (exact) mass is 665 g/mol. The number of carbonyl (C=O) groups is 3. The maximum Gasteiger partial charge on any atom is 0.251 e. The van der Waals surface area contributed by atoms with E-state index in [0.717, 1.165) is 0 Å². The van der Waals surface area contributed by atoms with Crippen molar-refractivity contribution in [3.8, 4) is 5.75 Å². The lowest BCUT2D eigenvalue weighted by molar-refractivity contribution is -0.142. The van der Waals surface area contributed by atoms with Gasteiger partial charge in [-0.15, -0.1) is 24.9 Å². The first-order chi connectivity index (χ1) is 22.1. The zero-order chi connectivity index (χ0) is 33.2. The molecule has 3 fully saturated rings. The van der Waals surface area contributed by atoms with E-state index in [4.69, 9.17) is 16.3 Å². The molecule has 246 valence electrons. The second kappa shape index (κ2) is 14.2. The summed E-state index contributed by atoms with van der Waals surface area (Å²) in [7, 11) is 0. The van der Waals surface area contributed by atoms with Gasteiger partial charge in [0.2, 0.25) is 11.8 Å².